The Kier molecular flexibility index (Phi) is 3.97. The minimum atomic E-state index is 0.0450. The van der Waals surface area contributed by atoms with E-state index in [1.54, 1.807) is 0 Å². The normalized spacial score (nSPS) is 31.4. The summed E-state index contributed by atoms with van der Waals surface area (Å²) in [6.07, 6.45) is 6.68. The monoisotopic (exact) mass is 269 g/mol. The zero-order valence-corrected chi connectivity index (χ0v) is 11.8. The highest BCUT2D eigenvalue weighted by molar-refractivity contribution is 7.99. The molecule has 2 saturated heterocycles. The maximum Gasteiger partial charge on any atom is 0.149 e. The third-order valence-corrected chi connectivity index (χ3v) is 5.48. The van der Waals surface area contributed by atoms with Gasteiger partial charge in [-0.25, -0.2) is 0 Å². The van der Waals surface area contributed by atoms with E-state index in [2.05, 4.69) is 5.32 Å². The minimum absolute atomic E-state index is 0.0450. The highest BCUT2D eigenvalue weighted by atomic mass is 32.2. The molecule has 2 aliphatic heterocycles. The molecule has 1 spiro atoms. The van der Waals surface area contributed by atoms with Crippen LogP contribution >= 0.6 is 11.8 Å². The van der Waals surface area contributed by atoms with Crippen LogP contribution in [0.1, 0.15) is 38.5 Å². The van der Waals surface area contributed by atoms with Gasteiger partial charge in [-0.15, -0.1) is 0 Å². The van der Waals surface area contributed by atoms with E-state index in [1.165, 1.54) is 24.3 Å². The lowest BCUT2D eigenvalue weighted by Gasteiger charge is -2.43. The van der Waals surface area contributed by atoms with Crippen molar-refractivity contribution in [2.24, 2.45) is 5.92 Å². The summed E-state index contributed by atoms with van der Waals surface area (Å²) in [6, 6.07) is 0.633. The van der Waals surface area contributed by atoms with Crippen LogP contribution in [0.4, 0.5) is 0 Å². The number of hydrogen-bond acceptors (Lipinski definition) is 4. The quantitative estimate of drug-likeness (QED) is 0.847. The number of hydrogen-bond donors (Lipinski definition) is 1. The Hall–Kier alpha value is -0.0600. The fourth-order valence-electron chi connectivity index (χ4n) is 3.07. The molecule has 0 aromatic carbocycles. The second kappa shape index (κ2) is 5.51. The van der Waals surface area contributed by atoms with Crippen molar-refractivity contribution in [2.45, 2.75) is 50.2 Å². The van der Waals surface area contributed by atoms with Crippen molar-refractivity contribution in [1.29, 1.82) is 0 Å². The molecule has 18 heavy (non-hydrogen) atoms. The maximum atomic E-state index is 12.2. The van der Waals surface area contributed by atoms with E-state index in [0.29, 0.717) is 18.4 Å². The topological polar surface area (TPSA) is 38.3 Å². The lowest BCUT2D eigenvalue weighted by molar-refractivity contribution is -0.137. The molecule has 0 aromatic rings. The van der Waals surface area contributed by atoms with Gasteiger partial charge in [-0.05, 0) is 50.0 Å². The summed E-state index contributed by atoms with van der Waals surface area (Å²) in [4.78, 5) is 12.2. The zero-order chi connectivity index (χ0) is 12.4. The van der Waals surface area contributed by atoms with Gasteiger partial charge in [-0.1, -0.05) is 0 Å². The molecule has 0 amide bonds. The largest absolute Gasteiger partial charge is 0.375 e. The number of Topliss-reactive ketones (excluding diaryl/α,β-unsaturated/α-hetero) is 1. The van der Waals surface area contributed by atoms with Crippen molar-refractivity contribution in [3.8, 4) is 0 Å². The van der Waals surface area contributed by atoms with Crippen molar-refractivity contribution in [3.05, 3.63) is 0 Å². The summed E-state index contributed by atoms with van der Waals surface area (Å²) in [6.45, 7) is 1.37. The predicted molar refractivity (Wildman–Crippen MR) is 74.0 cm³/mol. The highest BCUT2D eigenvalue weighted by Gasteiger charge is 2.40. The Morgan fingerprint density at radius 1 is 1.28 bits per heavy atom. The smallest absolute Gasteiger partial charge is 0.149 e. The average molecular weight is 269 g/mol. The van der Waals surface area contributed by atoms with Crippen LogP contribution in [0, 0.1) is 5.92 Å². The molecule has 0 radical (unpaired) electrons. The van der Waals surface area contributed by atoms with Crippen LogP contribution < -0.4 is 5.32 Å². The molecular formula is C14H23NO2S. The minimum Gasteiger partial charge on any atom is -0.375 e. The number of carbonyl (C=O) groups excluding carboxylic acids is 1. The third-order valence-electron chi connectivity index (χ3n) is 4.49. The van der Waals surface area contributed by atoms with Gasteiger partial charge in [0.2, 0.25) is 0 Å². The van der Waals surface area contributed by atoms with Gasteiger partial charge < -0.3 is 10.1 Å². The molecule has 1 atom stereocenters. The van der Waals surface area contributed by atoms with Crippen molar-refractivity contribution in [1.82, 2.24) is 5.32 Å². The molecule has 3 fully saturated rings. The Bertz CT molecular complexity index is 305. The number of carbonyl (C=O) groups is 1. The Morgan fingerprint density at radius 3 is 2.78 bits per heavy atom. The summed E-state index contributed by atoms with van der Waals surface area (Å²) < 4.78 is 6.04. The van der Waals surface area contributed by atoms with Gasteiger partial charge in [0.15, 0.2) is 0 Å². The van der Waals surface area contributed by atoms with Gasteiger partial charge in [0.25, 0.3) is 0 Å². The predicted octanol–water partition coefficient (Wildman–Crippen LogP) is 2.00. The first kappa shape index (κ1) is 12.9. The zero-order valence-electron chi connectivity index (χ0n) is 11.0. The Balaban J connectivity index is 1.53. The molecule has 1 unspecified atom stereocenters. The van der Waals surface area contributed by atoms with Crippen molar-refractivity contribution >= 4 is 17.5 Å². The second-order valence-electron chi connectivity index (χ2n) is 5.96. The van der Waals surface area contributed by atoms with Crippen LogP contribution in [0.2, 0.25) is 0 Å². The standard InChI is InChI=1S/C14H23NO2S/c16-13(10-15-12-1-2-12)11-3-6-17-14(9-11)4-7-18-8-5-14/h11-12,15H,1-10H2. The van der Waals surface area contributed by atoms with Crippen LogP contribution in [0.3, 0.4) is 0 Å². The fourth-order valence-corrected chi connectivity index (χ4v) is 4.31. The molecule has 3 aliphatic rings. The first-order valence-electron chi connectivity index (χ1n) is 7.25. The molecule has 3 nitrogen and oxygen atoms in total. The summed E-state index contributed by atoms with van der Waals surface area (Å²) in [5, 5.41) is 3.35. The summed E-state index contributed by atoms with van der Waals surface area (Å²) in [7, 11) is 0. The van der Waals surface area contributed by atoms with Crippen LogP contribution in [0.25, 0.3) is 0 Å². The Morgan fingerprint density at radius 2 is 2.06 bits per heavy atom. The van der Waals surface area contributed by atoms with Crippen LogP contribution in [-0.2, 0) is 9.53 Å². The number of thioether (sulfide) groups is 1. The van der Waals surface area contributed by atoms with Crippen LogP contribution in [-0.4, -0.2) is 42.1 Å². The van der Waals surface area contributed by atoms with Gasteiger partial charge in [0.1, 0.15) is 5.78 Å². The van der Waals surface area contributed by atoms with Crippen molar-refractivity contribution in [2.75, 3.05) is 24.7 Å². The van der Waals surface area contributed by atoms with Gasteiger partial charge >= 0.3 is 0 Å². The molecular weight excluding hydrogens is 246 g/mol. The molecule has 2 heterocycles. The molecule has 102 valence electrons. The molecule has 1 aliphatic carbocycles. The highest BCUT2D eigenvalue weighted by Crippen LogP contribution is 2.39. The maximum absolute atomic E-state index is 12.2. The van der Waals surface area contributed by atoms with E-state index in [1.807, 2.05) is 11.8 Å². The number of rotatable bonds is 4. The van der Waals surface area contributed by atoms with E-state index >= 15 is 0 Å². The van der Waals surface area contributed by atoms with Crippen LogP contribution in [0.5, 0.6) is 0 Å². The van der Waals surface area contributed by atoms with Crippen molar-refractivity contribution in [3.63, 3.8) is 0 Å². The summed E-state index contributed by atoms with van der Waals surface area (Å²) >= 11 is 2.02. The molecule has 0 bridgehead atoms. The van der Waals surface area contributed by atoms with Gasteiger partial charge in [0.05, 0.1) is 12.1 Å². The van der Waals surface area contributed by atoms with Gasteiger partial charge in [0, 0.05) is 18.6 Å². The third kappa shape index (κ3) is 3.09. The molecule has 4 heteroatoms. The summed E-state index contributed by atoms with van der Waals surface area (Å²) in [5.41, 5.74) is 0.0450. The van der Waals surface area contributed by atoms with E-state index in [0.717, 1.165) is 32.3 Å². The number of ketones is 1. The fraction of sp³-hybridized carbons (Fsp3) is 0.929. The SMILES string of the molecule is O=C(CNC1CC1)C1CCOC2(CCSCC2)C1. The average Bonchev–Trinajstić information content (AvgIpc) is 3.21. The van der Waals surface area contributed by atoms with Crippen molar-refractivity contribution < 1.29 is 9.53 Å². The molecule has 1 saturated carbocycles. The van der Waals surface area contributed by atoms with E-state index < -0.39 is 0 Å². The second-order valence-corrected chi connectivity index (χ2v) is 7.18. The van der Waals surface area contributed by atoms with Gasteiger partial charge in [-0.3, -0.25) is 4.79 Å². The summed E-state index contributed by atoms with van der Waals surface area (Å²) in [5.74, 6) is 3.05. The number of ether oxygens (including phenoxy) is 1. The number of nitrogens with one attached hydrogen (secondary N) is 1. The lowest BCUT2D eigenvalue weighted by atomic mass is 9.80. The van der Waals surface area contributed by atoms with Crippen LogP contribution in [0.15, 0.2) is 0 Å². The molecule has 3 rings (SSSR count). The van der Waals surface area contributed by atoms with E-state index in [9.17, 15) is 4.79 Å². The Labute approximate surface area is 113 Å². The van der Waals surface area contributed by atoms with E-state index in [4.69, 9.17) is 4.74 Å². The lowest BCUT2D eigenvalue weighted by Crippen LogP contribution is -2.45. The first-order chi connectivity index (χ1) is 8.77. The molecule has 0 aromatic heterocycles. The van der Waals surface area contributed by atoms with E-state index in [-0.39, 0.29) is 11.5 Å². The van der Waals surface area contributed by atoms with Gasteiger partial charge in [-0.2, -0.15) is 11.8 Å². The first-order valence-corrected chi connectivity index (χ1v) is 8.41. The molecule has 1 N–H and O–H groups in total.